The van der Waals surface area contributed by atoms with Crippen LogP contribution < -0.4 is 5.32 Å². The number of carbonyl (C=O) groups excluding carboxylic acids is 1. The number of fused-ring (bicyclic) bond motifs is 1. The lowest BCUT2D eigenvalue weighted by Crippen LogP contribution is -2.43. The number of methoxy groups -OCH3 is 1. The fourth-order valence-electron chi connectivity index (χ4n) is 3.79. The van der Waals surface area contributed by atoms with Crippen molar-refractivity contribution in [2.24, 2.45) is 0 Å². The Morgan fingerprint density at radius 2 is 2.18 bits per heavy atom. The third-order valence-electron chi connectivity index (χ3n) is 5.53. The second-order valence-corrected chi connectivity index (χ2v) is 8.15. The summed E-state index contributed by atoms with van der Waals surface area (Å²) in [6.45, 7) is 3.98. The highest BCUT2D eigenvalue weighted by Crippen LogP contribution is 2.33. The quantitative estimate of drug-likeness (QED) is 0.668. The van der Waals surface area contributed by atoms with Crippen molar-refractivity contribution in [3.05, 3.63) is 52.1 Å². The number of carbonyl (C=O) groups is 1. The molecular weight excluding hydrogens is 372 g/mol. The van der Waals surface area contributed by atoms with Crippen LogP contribution in [0.3, 0.4) is 0 Å². The molecular formula is C21H26N4O2S. The lowest BCUT2D eigenvalue weighted by molar-refractivity contribution is 0.119. The molecule has 1 fully saturated rings. The molecule has 1 aromatic carbocycles. The number of para-hydroxylation sites is 1. The minimum Gasteiger partial charge on any atom is -0.375 e. The highest BCUT2D eigenvalue weighted by Gasteiger charge is 2.25. The number of hydrogen-bond donors (Lipinski definition) is 2. The van der Waals surface area contributed by atoms with Gasteiger partial charge in [0.05, 0.1) is 12.2 Å². The number of urea groups is 1. The van der Waals surface area contributed by atoms with Crippen LogP contribution in [0.4, 0.5) is 4.79 Å². The summed E-state index contributed by atoms with van der Waals surface area (Å²) in [5, 5.41) is 7.22. The Morgan fingerprint density at radius 3 is 2.96 bits per heavy atom. The van der Waals surface area contributed by atoms with Gasteiger partial charge in [-0.25, -0.2) is 9.78 Å². The average molecular weight is 399 g/mol. The number of nitrogens with one attached hydrogen (secondary N) is 2. The maximum atomic E-state index is 12.5. The molecule has 7 heteroatoms. The predicted octanol–water partition coefficient (Wildman–Crippen LogP) is 4.42. The Morgan fingerprint density at radius 1 is 1.39 bits per heavy atom. The maximum absolute atomic E-state index is 12.5. The van der Waals surface area contributed by atoms with E-state index in [9.17, 15) is 4.79 Å². The molecule has 0 aliphatic carbocycles. The fourth-order valence-corrected chi connectivity index (χ4v) is 4.65. The standard InChI is InChI=1S/C21H26N4O2S/c1-14(27-2)20-24-16(13-28-20)11-23-21(26)25-9-7-15(8-10-25)18-12-22-19-6-4-3-5-17(18)19/h3-6,12-15,22H,7-11H2,1-2H3,(H,23,26). The SMILES string of the molecule is COC(C)c1nc(CNC(=O)N2CCC(c3c[nH]c4ccccc34)CC2)cs1. The molecule has 1 saturated heterocycles. The predicted molar refractivity (Wildman–Crippen MR) is 112 cm³/mol. The van der Waals surface area contributed by atoms with Crippen molar-refractivity contribution in [1.29, 1.82) is 0 Å². The molecule has 0 saturated carbocycles. The first kappa shape index (κ1) is 19.0. The monoisotopic (exact) mass is 398 g/mol. The first-order chi connectivity index (χ1) is 13.7. The van der Waals surface area contributed by atoms with Crippen molar-refractivity contribution in [2.45, 2.75) is 38.3 Å². The summed E-state index contributed by atoms with van der Waals surface area (Å²) in [7, 11) is 1.67. The molecule has 3 aromatic rings. The van der Waals surface area contributed by atoms with E-state index in [1.165, 1.54) is 16.5 Å². The van der Waals surface area contributed by atoms with Crippen LogP contribution in [0.1, 0.15) is 48.1 Å². The second-order valence-electron chi connectivity index (χ2n) is 7.26. The maximum Gasteiger partial charge on any atom is 0.317 e. The number of aromatic nitrogens is 2. The Kier molecular flexibility index (Phi) is 5.64. The summed E-state index contributed by atoms with van der Waals surface area (Å²) in [5.41, 5.74) is 3.44. The van der Waals surface area contributed by atoms with E-state index in [1.54, 1.807) is 18.4 Å². The van der Waals surface area contributed by atoms with E-state index in [2.05, 4.69) is 45.7 Å². The summed E-state index contributed by atoms with van der Waals surface area (Å²) in [4.78, 5) is 22.3. The van der Waals surface area contributed by atoms with Gasteiger partial charge in [-0.1, -0.05) is 18.2 Å². The van der Waals surface area contributed by atoms with Crippen LogP contribution in [0.5, 0.6) is 0 Å². The minimum absolute atomic E-state index is 0.00767. The molecule has 1 aliphatic rings. The number of benzene rings is 1. The third kappa shape index (κ3) is 3.91. The Hall–Kier alpha value is -2.38. The van der Waals surface area contributed by atoms with Gasteiger partial charge in [0.15, 0.2) is 0 Å². The fraction of sp³-hybridized carbons (Fsp3) is 0.429. The van der Waals surface area contributed by atoms with E-state index in [4.69, 9.17) is 4.74 Å². The Bertz CT molecular complexity index is 943. The van der Waals surface area contributed by atoms with E-state index in [1.807, 2.05) is 17.2 Å². The van der Waals surface area contributed by atoms with Crippen LogP contribution in [-0.4, -0.2) is 41.1 Å². The molecule has 2 amide bonds. The highest BCUT2D eigenvalue weighted by molar-refractivity contribution is 7.09. The first-order valence-corrected chi connectivity index (χ1v) is 10.6. The summed E-state index contributed by atoms with van der Waals surface area (Å²) < 4.78 is 5.29. The number of likely N-dealkylation sites (tertiary alicyclic amines) is 1. The number of ether oxygens (including phenoxy) is 1. The zero-order chi connectivity index (χ0) is 19.5. The molecule has 4 rings (SSSR count). The van der Waals surface area contributed by atoms with Gasteiger partial charge in [-0.3, -0.25) is 0 Å². The molecule has 1 aliphatic heterocycles. The van der Waals surface area contributed by atoms with Crippen molar-refractivity contribution in [1.82, 2.24) is 20.2 Å². The van der Waals surface area contributed by atoms with E-state index < -0.39 is 0 Å². The number of thiazole rings is 1. The number of H-pyrrole nitrogens is 1. The van der Waals surface area contributed by atoms with Crippen LogP contribution in [0.15, 0.2) is 35.8 Å². The van der Waals surface area contributed by atoms with Gasteiger partial charge in [0.2, 0.25) is 0 Å². The van der Waals surface area contributed by atoms with Gasteiger partial charge >= 0.3 is 6.03 Å². The molecule has 2 N–H and O–H groups in total. The zero-order valence-electron chi connectivity index (χ0n) is 16.3. The molecule has 148 valence electrons. The summed E-state index contributed by atoms with van der Waals surface area (Å²) >= 11 is 1.57. The molecule has 1 atom stereocenters. The molecule has 0 spiro atoms. The summed E-state index contributed by atoms with van der Waals surface area (Å²) in [6.07, 6.45) is 4.09. The number of rotatable bonds is 5. The molecule has 0 bridgehead atoms. The second kappa shape index (κ2) is 8.32. The smallest absolute Gasteiger partial charge is 0.317 e. The van der Waals surface area contributed by atoms with E-state index >= 15 is 0 Å². The van der Waals surface area contributed by atoms with Crippen molar-refractivity contribution in [3.8, 4) is 0 Å². The van der Waals surface area contributed by atoms with Crippen LogP contribution >= 0.6 is 11.3 Å². The van der Waals surface area contributed by atoms with E-state index in [-0.39, 0.29) is 12.1 Å². The van der Waals surface area contributed by atoms with Gasteiger partial charge in [-0.05, 0) is 37.3 Å². The van der Waals surface area contributed by atoms with Gasteiger partial charge in [0.1, 0.15) is 11.1 Å². The molecule has 2 aromatic heterocycles. The Labute approximate surface area is 168 Å². The first-order valence-electron chi connectivity index (χ1n) is 9.71. The molecule has 0 radical (unpaired) electrons. The molecule has 3 heterocycles. The van der Waals surface area contributed by atoms with Crippen LogP contribution in [0, 0.1) is 0 Å². The number of piperidine rings is 1. The van der Waals surface area contributed by atoms with Crippen LogP contribution in [-0.2, 0) is 11.3 Å². The summed E-state index contributed by atoms with van der Waals surface area (Å²) in [6, 6.07) is 8.41. The van der Waals surface area contributed by atoms with Crippen molar-refractivity contribution in [3.63, 3.8) is 0 Å². The largest absolute Gasteiger partial charge is 0.375 e. The van der Waals surface area contributed by atoms with Gasteiger partial charge in [0, 0.05) is 42.7 Å². The van der Waals surface area contributed by atoms with Crippen molar-refractivity contribution >= 4 is 28.3 Å². The van der Waals surface area contributed by atoms with Gasteiger partial charge in [-0.2, -0.15) is 0 Å². The third-order valence-corrected chi connectivity index (χ3v) is 6.59. The lowest BCUT2D eigenvalue weighted by atomic mass is 9.89. The number of amides is 2. The van der Waals surface area contributed by atoms with Crippen molar-refractivity contribution < 1.29 is 9.53 Å². The summed E-state index contributed by atoms with van der Waals surface area (Å²) in [5.74, 6) is 0.497. The number of hydrogen-bond acceptors (Lipinski definition) is 4. The van der Waals surface area contributed by atoms with Gasteiger partial charge in [0.25, 0.3) is 0 Å². The zero-order valence-corrected chi connectivity index (χ0v) is 17.1. The van der Waals surface area contributed by atoms with Gasteiger partial charge < -0.3 is 19.9 Å². The highest BCUT2D eigenvalue weighted by atomic mass is 32.1. The van der Waals surface area contributed by atoms with Crippen LogP contribution in [0.2, 0.25) is 0 Å². The molecule has 6 nitrogen and oxygen atoms in total. The molecule has 28 heavy (non-hydrogen) atoms. The van der Waals surface area contributed by atoms with Gasteiger partial charge in [-0.15, -0.1) is 11.3 Å². The lowest BCUT2D eigenvalue weighted by Gasteiger charge is -2.32. The number of aromatic amines is 1. The molecule has 1 unspecified atom stereocenters. The Balaban J connectivity index is 1.30. The minimum atomic E-state index is -0.0157. The van der Waals surface area contributed by atoms with E-state index in [0.29, 0.717) is 12.5 Å². The topological polar surface area (TPSA) is 70.2 Å². The van der Waals surface area contributed by atoms with Crippen LogP contribution in [0.25, 0.3) is 10.9 Å². The van der Waals surface area contributed by atoms with E-state index in [0.717, 1.165) is 36.6 Å². The normalized spacial score (nSPS) is 16.4. The number of nitrogens with zero attached hydrogens (tertiary/aromatic N) is 2. The van der Waals surface area contributed by atoms with Crippen molar-refractivity contribution in [2.75, 3.05) is 20.2 Å². The average Bonchev–Trinajstić information content (AvgIpc) is 3.39.